The summed E-state index contributed by atoms with van der Waals surface area (Å²) in [5, 5.41) is 22.3. The number of hydrogen-bond acceptors (Lipinski definition) is 4. The number of amides is 2. The van der Waals surface area contributed by atoms with Crippen LogP contribution in [0.15, 0.2) is 54.7 Å². The smallest absolute Gasteiger partial charge is 0.240 e. The second-order valence-corrected chi connectivity index (χ2v) is 6.58. The number of H-pyrrole nitrogens is 1. The van der Waals surface area contributed by atoms with Crippen molar-refractivity contribution >= 4 is 22.7 Å². The van der Waals surface area contributed by atoms with E-state index in [2.05, 4.69) is 10.3 Å². The molecule has 0 radical (unpaired) electrons. The maximum Gasteiger partial charge on any atom is 0.240 e. The van der Waals surface area contributed by atoms with Crippen molar-refractivity contribution in [3.63, 3.8) is 0 Å². The molecule has 142 valence electrons. The Bertz CT molecular complexity index is 1030. The van der Waals surface area contributed by atoms with Gasteiger partial charge < -0.3 is 21.1 Å². The second-order valence-electron chi connectivity index (χ2n) is 6.58. The molecule has 0 bridgehead atoms. The van der Waals surface area contributed by atoms with Crippen molar-refractivity contribution in [3.05, 3.63) is 65.9 Å². The average molecular weight is 376 g/mol. The topological polar surface area (TPSA) is 132 Å². The Labute approximate surface area is 161 Å². The molecular formula is C21H20N4O3. The molecule has 5 N–H and O–H groups in total. The lowest BCUT2D eigenvalue weighted by molar-refractivity contribution is -0.128. The molecule has 1 heterocycles. The third kappa shape index (κ3) is 4.30. The van der Waals surface area contributed by atoms with Gasteiger partial charge in [-0.05, 0) is 35.7 Å². The van der Waals surface area contributed by atoms with Crippen molar-refractivity contribution in [1.29, 1.82) is 5.26 Å². The fraction of sp³-hybridized carbons (Fsp3) is 0.190. The minimum atomic E-state index is -0.977. The quantitative estimate of drug-likeness (QED) is 0.500. The molecule has 7 heteroatoms. The van der Waals surface area contributed by atoms with Gasteiger partial charge in [0.1, 0.15) is 17.7 Å². The predicted octanol–water partition coefficient (Wildman–Crippen LogP) is 1.77. The zero-order valence-corrected chi connectivity index (χ0v) is 15.1. The SMILES string of the molecule is N#CC(Cc1ccc(O)cc1)C(=O)N[C@@H](Cc1c[nH]c2ccccc12)C(N)=O. The van der Waals surface area contributed by atoms with Crippen LogP contribution in [0.25, 0.3) is 10.9 Å². The van der Waals surface area contributed by atoms with Gasteiger partial charge in [0.05, 0.1) is 6.07 Å². The fourth-order valence-electron chi connectivity index (χ4n) is 3.08. The largest absolute Gasteiger partial charge is 0.508 e. The summed E-state index contributed by atoms with van der Waals surface area (Å²) >= 11 is 0. The van der Waals surface area contributed by atoms with Crippen molar-refractivity contribution in [1.82, 2.24) is 10.3 Å². The Morgan fingerprint density at radius 3 is 2.54 bits per heavy atom. The summed E-state index contributed by atoms with van der Waals surface area (Å²) < 4.78 is 0. The Morgan fingerprint density at radius 1 is 1.14 bits per heavy atom. The molecule has 0 saturated carbocycles. The van der Waals surface area contributed by atoms with Gasteiger partial charge in [-0.25, -0.2) is 0 Å². The number of nitrogens with two attached hydrogens (primary N) is 1. The zero-order valence-electron chi connectivity index (χ0n) is 15.1. The number of nitriles is 1. The highest BCUT2D eigenvalue weighted by molar-refractivity contribution is 5.90. The van der Waals surface area contributed by atoms with Crippen LogP contribution in [0, 0.1) is 17.2 Å². The van der Waals surface area contributed by atoms with E-state index in [0.29, 0.717) is 0 Å². The zero-order chi connectivity index (χ0) is 20.1. The molecular weight excluding hydrogens is 356 g/mol. The standard InChI is InChI=1S/C21H20N4O3/c22-11-14(9-13-5-7-16(26)8-6-13)21(28)25-19(20(23)27)10-15-12-24-18-4-2-1-3-17(15)18/h1-8,12,14,19,24,26H,9-10H2,(H2,23,27)(H,25,28)/t14?,19-/m0/s1. The number of rotatable bonds is 7. The minimum Gasteiger partial charge on any atom is -0.508 e. The Kier molecular flexibility index (Phi) is 5.61. The van der Waals surface area contributed by atoms with E-state index in [9.17, 15) is 20.0 Å². The molecule has 0 aliphatic carbocycles. The number of phenolic OH excluding ortho intramolecular Hbond substituents is 1. The number of aromatic amines is 1. The summed E-state index contributed by atoms with van der Waals surface area (Å²) in [6.07, 6.45) is 2.18. The van der Waals surface area contributed by atoms with Crippen LogP contribution in [0.3, 0.4) is 0 Å². The maximum atomic E-state index is 12.6. The van der Waals surface area contributed by atoms with E-state index >= 15 is 0 Å². The molecule has 3 aromatic rings. The van der Waals surface area contributed by atoms with Crippen LogP contribution in [-0.2, 0) is 22.4 Å². The van der Waals surface area contributed by atoms with Gasteiger partial charge in [0, 0.05) is 23.5 Å². The maximum absolute atomic E-state index is 12.6. The Balaban J connectivity index is 1.72. The first-order valence-corrected chi connectivity index (χ1v) is 8.80. The van der Waals surface area contributed by atoms with E-state index in [1.807, 2.05) is 30.3 Å². The number of benzene rings is 2. The molecule has 0 spiro atoms. The van der Waals surface area contributed by atoms with Gasteiger partial charge in [-0.15, -0.1) is 0 Å². The van der Waals surface area contributed by atoms with Crippen molar-refractivity contribution in [2.75, 3.05) is 0 Å². The van der Waals surface area contributed by atoms with Gasteiger partial charge in [0.2, 0.25) is 11.8 Å². The number of aromatic nitrogens is 1. The monoisotopic (exact) mass is 376 g/mol. The number of aromatic hydroxyl groups is 1. The van der Waals surface area contributed by atoms with Gasteiger partial charge in [0.25, 0.3) is 0 Å². The number of phenols is 1. The molecule has 0 aliphatic heterocycles. The summed E-state index contributed by atoms with van der Waals surface area (Å²) in [5.41, 5.74) is 7.99. The molecule has 3 rings (SSSR count). The molecule has 2 aromatic carbocycles. The molecule has 0 fully saturated rings. The van der Waals surface area contributed by atoms with Gasteiger partial charge in [0.15, 0.2) is 0 Å². The first kappa shape index (κ1) is 19.0. The lowest BCUT2D eigenvalue weighted by atomic mass is 9.98. The van der Waals surface area contributed by atoms with Crippen LogP contribution in [0.4, 0.5) is 0 Å². The molecule has 2 amide bonds. The molecule has 7 nitrogen and oxygen atoms in total. The number of carbonyl (C=O) groups excluding carboxylic acids is 2. The van der Waals surface area contributed by atoms with Crippen molar-refractivity contribution in [3.8, 4) is 11.8 Å². The van der Waals surface area contributed by atoms with E-state index in [0.717, 1.165) is 22.0 Å². The lowest BCUT2D eigenvalue weighted by Crippen LogP contribution is -2.48. The number of nitrogens with one attached hydrogen (secondary N) is 2. The fourth-order valence-corrected chi connectivity index (χ4v) is 3.08. The number of nitrogens with zero attached hydrogens (tertiary/aromatic N) is 1. The van der Waals surface area contributed by atoms with Crippen LogP contribution in [0.2, 0.25) is 0 Å². The highest BCUT2D eigenvalue weighted by Gasteiger charge is 2.25. The van der Waals surface area contributed by atoms with Crippen LogP contribution in [0.5, 0.6) is 5.75 Å². The number of para-hydroxylation sites is 1. The molecule has 2 atom stereocenters. The van der Waals surface area contributed by atoms with Crippen molar-refractivity contribution in [2.45, 2.75) is 18.9 Å². The molecule has 0 saturated heterocycles. The Morgan fingerprint density at radius 2 is 1.86 bits per heavy atom. The third-order valence-corrected chi connectivity index (χ3v) is 4.61. The first-order valence-electron chi connectivity index (χ1n) is 8.80. The molecule has 28 heavy (non-hydrogen) atoms. The van der Waals surface area contributed by atoms with E-state index in [4.69, 9.17) is 5.73 Å². The van der Waals surface area contributed by atoms with E-state index < -0.39 is 23.8 Å². The average Bonchev–Trinajstić information content (AvgIpc) is 3.10. The molecule has 0 aliphatic rings. The summed E-state index contributed by atoms with van der Waals surface area (Å²) in [6.45, 7) is 0. The highest BCUT2D eigenvalue weighted by atomic mass is 16.3. The van der Waals surface area contributed by atoms with Gasteiger partial charge in [-0.3, -0.25) is 9.59 Å². The van der Waals surface area contributed by atoms with Gasteiger partial charge >= 0.3 is 0 Å². The molecule has 1 aromatic heterocycles. The highest BCUT2D eigenvalue weighted by Crippen LogP contribution is 2.19. The van der Waals surface area contributed by atoms with Crippen LogP contribution in [-0.4, -0.2) is 27.9 Å². The van der Waals surface area contributed by atoms with Crippen molar-refractivity contribution in [2.24, 2.45) is 11.7 Å². The number of hydrogen-bond donors (Lipinski definition) is 4. The number of carbonyl (C=O) groups is 2. The van der Waals surface area contributed by atoms with Crippen molar-refractivity contribution < 1.29 is 14.7 Å². The summed E-state index contributed by atoms with van der Waals surface area (Å²) in [7, 11) is 0. The predicted molar refractivity (Wildman–Crippen MR) is 104 cm³/mol. The molecule has 1 unspecified atom stereocenters. The number of fused-ring (bicyclic) bond motifs is 1. The summed E-state index contributed by atoms with van der Waals surface area (Å²) in [4.78, 5) is 27.6. The van der Waals surface area contributed by atoms with Gasteiger partial charge in [-0.2, -0.15) is 5.26 Å². The van der Waals surface area contributed by atoms with Crippen LogP contribution >= 0.6 is 0 Å². The minimum absolute atomic E-state index is 0.106. The lowest BCUT2D eigenvalue weighted by Gasteiger charge is -2.17. The normalized spacial score (nSPS) is 12.8. The van der Waals surface area contributed by atoms with E-state index in [-0.39, 0.29) is 18.6 Å². The summed E-state index contributed by atoms with van der Waals surface area (Å²) in [6, 6.07) is 14.9. The van der Waals surface area contributed by atoms with Gasteiger partial charge in [-0.1, -0.05) is 30.3 Å². The van der Waals surface area contributed by atoms with E-state index in [1.165, 1.54) is 12.1 Å². The van der Waals surface area contributed by atoms with Crippen LogP contribution in [0.1, 0.15) is 11.1 Å². The summed E-state index contributed by atoms with van der Waals surface area (Å²) in [5.74, 6) is -2.09. The van der Waals surface area contributed by atoms with Crippen LogP contribution < -0.4 is 11.1 Å². The third-order valence-electron chi connectivity index (χ3n) is 4.61. The second kappa shape index (κ2) is 8.27. The van der Waals surface area contributed by atoms with E-state index in [1.54, 1.807) is 18.3 Å². The number of primary amides is 1. The Hall–Kier alpha value is -3.79. The first-order chi connectivity index (χ1) is 13.5.